The van der Waals surface area contributed by atoms with Gasteiger partial charge < -0.3 is 4.55 Å². The molecule has 3 rings (SSSR count). The Morgan fingerprint density at radius 2 is 1.68 bits per heavy atom. The summed E-state index contributed by atoms with van der Waals surface area (Å²) in [5.74, 6) is 0. The molecule has 0 saturated heterocycles. The van der Waals surface area contributed by atoms with Gasteiger partial charge in [-0.05, 0) is 42.5 Å². The van der Waals surface area contributed by atoms with Gasteiger partial charge >= 0.3 is 5.13 Å². The van der Waals surface area contributed by atoms with Crippen LogP contribution >= 0.6 is 11.3 Å². The summed E-state index contributed by atoms with van der Waals surface area (Å²) in [6.07, 6.45) is 0. The van der Waals surface area contributed by atoms with Crippen LogP contribution in [0.4, 0.5) is 5.13 Å². The molecule has 1 heterocycles. The van der Waals surface area contributed by atoms with Gasteiger partial charge in [-0.2, -0.15) is 0 Å². The van der Waals surface area contributed by atoms with Crippen molar-refractivity contribution < 1.29 is 17.5 Å². The van der Waals surface area contributed by atoms with Crippen LogP contribution in [-0.4, -0.2) is 13.0 Å². The molecule has 0 aliphatic heterocycles. The molecule has 0 amide bonds. The largest absolute Gasteiger partial charge is 0.744 e. The first kappa shape index (κ1) is 16.4. The number of rotatable bonds is 1. The number of aromatic nitrogens is 1. The zero-order valence-corrected chi connectivity index (χ0v) is 13.8. The van der Waals surface area contributed by atoms with Crippen molar-refractivity contribution in [1.82, 2.24) is 0 Å². The minimum absolute atomic E-state index is 0.178. The van der Waals surface area contributed by atoms with Crippen molar-refractivity contribution in [3.8, 4) is 0 Å². The fraction of sp³-hybridized carbons (Fsp3) is 0.133. The summed E-state index contributed by atoms with van der Waals surface area (Å²) in [5, 5.41) is 0.853. The van der Waals surface area contributed by atoms with Gasteiger partial charge in [0.25, 0.3) is 0 Å². The number of para-hydroxylation sites is 1. The average Bonchev–Trinajstić information content (AvgIpc) is 2.75. The van der Waals surface area contributed by atoms with Gasteiger partial charge in [-0.25, -0.2) is 13.0 Å². The molecule has 0 aliphatic rings. The van der Waals surface area contributed by atoms with Crippen LogP contribution in [0.3, 0.4) is 0 Å². The Labute approximate surface area is 133 Å². The summed E-state index contributed by atoms with van der Waals surface area (Å²) < 4.78 is 34.4. The van der Waals surface area contributed by atoms with E-state index in [4.69, 9.17) is 5.73 Å². The molecule has 0 unspecified atom stereocenters. The number of fused-ring (bicyclic) bond motifs is 1. The minimum atomic E-state index is -4.27. The van der Waals surface area contributed by atoms with E-state index in [0.717, 1.165) is 10.7 Å². The SMILES string of the molecule is C[n+]1c(N)sc2ccccc21.Cc1ccc(S(=O)(=O)[O-])cc1. The Bertz CT molecular complexity index is 885. The molecule has 2 aromatic carbocycles. The topological polar surface area (TPSA) is 87.1 Å². The second-order valence-corrected chi connectivity index (χ2v) is 7.18. The number of hydrogen-bond donors (Lipinski definition) is 1. The second kappa shape index (κ2) is 6.43. The molecule has 22 heavy (non-hydrogen) atoms. The van der Waals surface area contributed by atoms with E-state index in [1.165, 1.54) is 22.3 Å². The minimum Gasteiger partial charge on any atom is -0.744 e. The van der Waals surface area contributed by atoms with Gasteiger partial charge in [0.1, 0.15) is 15.6 Å². The number of nitrogens with two attached hydrogens (primary N) is 1. The molecule has 7 heteroatoms. The van der Waals surface area contributed by atoms with Crippen LogP contribution in [-0.2, 0) is 17.2 Å². The number of anilines is 1. The summed E-state index contributed by atoms with van der Waals surface area (Å²) in [5.41, 5.74) is 7.87. The Morgan fingerprint density at radius 1 is 1.09 bits per heavy atom. The molecule has 0 aliphatic carbocycles. The van der Waals surface area contributed by atoms with E-state index in [1.54, 1.807) is 23.5 Å². The maximum Gasteiger partial charge on any atom is 0.332 e. The van der Waals surface area contributed by atoms with Crippen LogP contribution in [0.2, 0.25) is 0 Å². The normalized spacial score (nSPS) is 11.0. The van der Waals surface area contributed by atoms with Crippen LogP contribution in [0.5, 0.6) is 0 Å². The number of thiazole rings is 1. The molecule has 3 aromatic rings. The standard InChI is InChI=1S/C8H8N2S.C7H8O3S/c1-10-6-4-2-3-5-7(6)11-8(10)9;1-6-2-4-7(5-3-6)11(8,9)10/h2-5,9H,1H3;2-5H,1H3,(H,8,9,10). The van der Waals surface area contributed by atoms with Gasteiger partial charge in [-0.1, -0.05) is 29.8 Å². The Morgan fingerprint density at radius 3 is 2.23 bits per heavy atom. The summed E-state index contributed by atoms with van der Waals surface area (Å²) in [6, 6.07) is 14.0. The molecule has 0 spiro atoms. The van der Waals surface area contributed by atoms with Gasteiger partial charge in [-0.15, -0.1) is 0 Å². The lowest BCUT2D eigenvalue weighted by Gasteiger charge is -2.05. The molecular weight excluding hydrogens is 320 g/mol. The lowest BCUT2D eigenvalue weighted by molar-refractivity contribution is -0.626. The van der Waals surface area contributed by atoms with Crippen LogP contribution in [0, 0.1) is 6.92 Å². The first-order chi connectivity index (χ1) is 10.3. The predicted octanol–water partition coefficient (Wildman–Crippen LogP) is 2.21. The third-order valence-corrected chi connectivity index (χ3v) is 4.98. The molecule has 5 nitrogen and oxygen atoms in total. The third kappa shape index (κ3) is 3.82. The first-order valence-electron chi connectivity index (χ1n) is 6.44. The highest BCUT2D eigenvalue weighted by Gasteiger charge is 2.08. The van der Waals surface area contributed by atoms with Crippen molar-refractivity contribution >= 4 is 36.8 Å². The van der Waals surface area contributed by atoms with E-state index in [-0.39, 0.29) is 4.90 Å². The van der Waals surface area contributed by atoms with Gasteiger partial charge in [0.2, 0.25) is 0 Å². The maximum atomic E-state index is 10.4. The average molecular weight is 336 g/mol. The van der Waals surface area contributed by atoms with Crippen molar-refractivity contribution in [2.45, 2.75) is 11.8 Å². The van der Waals surface area contributed by atoms with E-state index in [2.05, 4.69) is 12.1 Å². The van der Waals surface area contributed by atoms with E-state index in [0.29, 0.717) is 0 Å². The van der Waals surface area contributed by atoms with Crippen LogP contribution in [0.25, 0.3) is 10.2 Å². The first-order valence-corrected chi connectivity index (χ1v) is 8.67. The zero-order valence-electron chi connectivity index (χ0n) is 12.2. The van der Waals surface area contributed by atoms with Gasteiger partial charge in [0.15, 0.2) is 0 Å². The molecule has 0 atom stereocenters. The number of benzene rings is 2. The van der Waals surface area contributed by atoms with Crippen molar-refractivity contribution in [3.63, 3.8) is 0 Å². The molecule has 1 aromatic heterocycles. The highest BCUT2D eigenvalue weighted by Crippen LogP contribution is 2.20. The Kier molecular flexibility index (Phi) is 4.80. The summed E-state index contributed by atoms with van der Waals surface area (Å²) in [4.78, 5) is -0.178. The molecule has 0 saturated carbocycles. The number of nitrogens with zero attached hydrogens (tertiary/aromatic N) is 1. The van der Waals surface area contributed by atoms with Crippen molar-refractivity contribution in [1.29, 1.82) is 0 Å². The monoisotopic (exact) mass is 336 g/mol. The molecule has 0 radical (unpaired) electrons. The number of hydrogen-bond acceptors (Lipinski definition) is 5. The number of aryl methyl sites for hydroxylation is 2. The van der Waals surface area contributed by atoms with E-state index >= 15 is 0 Å². The van der Waals surface area contributed by atoms with Crippen LogP contribution in [0.15, 0.2) is 53.4 Å². The van der Waals surface area contributed by atoms with E-state index < -0.39 is 10.1 Å². The van der Waals surface area contributed by atoms with Gasteiger partial charge in [0, 0.05) is 0 Å². The summed E-state index contributed by atoms with van der Waals surface area (Å²) >= 11 is 1.62. The fourth-order valence-corrected chi connectivity index (χ4v) is 3.21. The van der Waals surface area contributed by atoms with E-state index in [9.17, 15) is 13.0 Å². The predicted molar refractivity (Wildman–Crippen MR) is 86.6 cm³/mol. The summed E-state index contributed by atoms with van der Waals surface area (Å²) in [7, 11) is -2.29. The molecular formula is C15H16N2O3S2. The lowest BCUT2D eigenvalue weighted by Crippen LogP contribution is -2.29. The highest BCUT2D eigenvalue weighted by atomic mass is 32.2. The Hall–Kier alpha value is -1.96. The van der Waals surface area contributed by atoms with Crippen LogP contribution in [0.1, 0.15) is 5.56 Å². The van der Waals surface area contributed by atoms with Crippen molar-refractivity contribution in [2.24, 2.45) is 7.05 Å². The lowest BCUT2D eigenvalue weighted by atomic mass is 10.2. The number of nitrogen functional groups attached to an aromatic ring is 1. The summed E-state index contributed by atoms with van der Waals surface area (Å²) in [6.45, 7) is 1.82. The fourth-order valence-electron chi connectivity index (χ4n) is 1.83. The van der Waals surface area contributed by atoms with Gasteiger partial charge in [-0.3, -0.25) is 5.73 Å². The molecule has 2 N–H and O–H groups in total. The molecule has 0 bridgehead atoms. The van der Waals surface area contributed by atoms with Crippen molar-refractivity contribution in [2.75, 3.05) is 5.73 Å². The molecule has 0 fully saturated rings. The Balaban J connectivity index is 0.000000160. The van der Waals surface area contributed by atoms with Gasteiger partial charge in [0.05, 0.1) is 16.6 Å². The smallest absolute Gasteiger partial charge is 0.332 e. The quantitative estimate of drug-likeness (QED) is 0.545. The van der Waals surface area contributed by atoms with E-state index in [1.807, 2.05) is 30.7 Å². The zero-order chi connectivity index (χ0) is 16.3. The third-order valence-electron chi connectivity index (χ3n) is 3.08. The molecule has 116 valence electrons. The van der Waals surface area contributed by atoms with Crippen molar-refractivity contribution in [3.05, 3.63) is 54.1 Å². The van der Waals surface area contributed by atoms with Crippen LogP contribution < -0.4 is 10.3 Å². The highest BCUT2D eigenvalue weighted by molar-refractivity contribution is 7.85. The maximum absolute atomic E-state index is 10.4. The second-order valence-electron chi connectivity index (χ2n) is 4.73.